The Kier molecular flexibility index (Phi) is 4.86. The van der Waals surface area contributed by atoms with Gasteiger partial charge in [0.15, 0.2) is 5.13 Å². The lowest BCUT2D eigenvalue weighted by Crippen LogP contribution is -2.41. The number of carbonyl (C=O) groups excluding carboxylic acids is 1. The van der Waals surface area contributed by atoms with E-state index in [0.29, 0.717) is 28.5 Å². The number of hydrogen-bond donors (Lipinski definition) is 0. The molecule has 1 saturated heterocycles. The summed E-state index contributed by atoms with van der Waals surface area (Å²) >= 11 is 2.88. The summed E-state index contributed by atoms with van der Waals surface area (Å²) in [4.78, 5) is 37.2. The number of fused-ring (bicyclic) bond motifs is 2. The quantitative estimate of drug-likeness (QED) is 0.489. The molecule has 5 rings (SSSR count). The van der Waals surface area contributed by atoms with Crippen LogP contribution in [0.25, 0.3) is 20.4 Å². The molecule has 3 aromatic heterocycles. The number of hydrogen-bond acceptors (Lipinski definition) is 7. The first-order valence-electron chi connectivity index (χ1n) is 9.39. The van der Waals surface area contributed by atoms with E-state index in [1.165, 1.54) is 33.6 Å². The zero-order chi connectivity index (χ0) is 19.8. The Labute approximate surface area is 174 Å². The average molecular weight is 427 g/mol. The van der Waals surface area contributed by atoms with Gasteiger partial charge in [-0.2, -0.15) is 0 Å². The third-order valence-electron chi connectivity index (χ3n) is 4.98. The molecular weight excluding hydrogens is 408 g/mol. The van der Waals surface area contributed by atoms with Crippen molar-refractivity contribution in [3.63, 3.8) is 0 Å². The largest absolute Gasteiger partial charge is 0.376 e. The number of aromatic nitrogens is 3. The fourth-order valence-electron chi connectivity index (χ4n) is 3.49. The van der Waals surface area contributed by atoms with Crippen molar-refractivity contribution in [3.8, 4) is 0 Å². The van der Waals surface area contributed by atoms with Gasteiger partial charge in [0.25, 0.3) is 5.56 Å². The molecule has 1 aliphatic rings. The first-order chi connectivity index (χ1) is 14.2. The van der Waals surface area contributed by atoms with Gasteiger partial charge in [-0.05, 0) is 36.4 Å². The van der Waals surface area contributed by atoms with E-state index in [4.69, 9.17) is 4.74 Å². The van der Waals surface area contributed by atoms with Crippen LogP contribution >= 0.6 is 22.7 Å². The molecule has 0 unspecified atom stereocenters. The van der Waals surface area contributed by atoms with Gasteiger partial charge in [-0.3, -0.25) is 19.1 Å². The van der Waals surface area contributed by atoms with Crippen LogP contribution in [-0.2, 0) is 16.1 Å². The molecule has 1 fully saturated rings. The Balaban J connectivity index is 1.47. The number of thiazole rings is 1. The lowest BCUT2D eigenvalue weighted by Gasteiger charge is -2.23. The lowest BCUT2D eigenvalue weighted by molar-refractivity contribution is -0.119. The van der Waals surface area contributed by atoms with Gasteiger partial charge in [-0.25, -0.2) is 9.97 Å². The zero-order valence-electron chi connectivity index (χ0n) is 15.5. The molecule has 1 amide bonds. The molecule has 0 saturated carbocycles. The van der Waals surface area contributed by atoms with Crippen LogP contribution in [0.1, 0.15) is 12.8 Å². The summed E-state index contributed by atoms with van der Waals surface area (Å²) in [7, 11) is 0. The second-order valence-corrected chi connectivity index (χ2v) is 8.82. The third kappa shape index (κ3) is 3.57. The topological polar surface area (TPSA) is 77.3 Å². The van der Waals surface area contributed by atoms with Crippen molar-refractivity contribution in [3.05, 3.63) is 52.4 Å². The minimum atomic E-state index is -0.203. The summed E-state index contributed by atoms with van der Waals surface area (Å²) in [6.45, 7) is 1.06. The highest BCUT2D eigenvalue weighted by Crippen LogP contribution is 2.30. The summed E-state index contributed by atoms with van der Waals surface area (Å²) in [5, 5.41) is 3.00. The van der Waals surface area contributed by atoms with E-state index in [1.807, 2.05) is 29.6 Å². The van der Waals surface area contributed by atoms with Crippen molar-refractivity contribution in [2.75, 3.05) is 18.1 Å². The average Bonchev–Trinajstić information content (AvgIpc) is 3.48. The predicted octanol–water partition coefficient (Wildman–Crippen LogP) is 3.28. The van der Waals surface area contributed by atoms with Crippen LogP contribution in [-0.4, -0.2) is 39.7 Å². The Morgan fingerprint density at radius 1 is 1.31 bits per heavy atom. The van der Waals surface area contributed by atoms with Crippen molar-refractivity contribution >= 4 is 54.1 Å². The molecule has 1 aromatic carbocycles. The van der Waals surface area contributed by atoms with Crippen molar-refractivity contribution < 1.29 is 9.53 Å². The molecular formula is C20H18N4O3S2. The van der Waals surface area contributed by atoms with Gasteiger partial charge >= 0.3 is 0 Å². The number of nitrogens with zero attached hydrogens (tertiary/aromatic N) is 4. The standard InChI is InChI=1S/C20H18N4O3S2/c25-17(11-23-12-21-18-14(19(23)26)7-9-28-18)24(10-13-4-3-8-27-13)20-22-15-5-1-2-6-16(15)29-20/h1-2,5-7,9,12-13H,3-4,8,10-11H2/t13-/m1/s1. The van der Waals surface area contributed by atoms with Crippen LogP contribution in [0.2, 0.25) is 0 Å². The van der Waals surface area contributed by atoms with Crippen LogP contribution in [0, 0.1) is 0 Å². The molecule has 9 heteroatoms. The molecule has 0 bridgehead atoms. The van der Waals surface area contributed by atoms with Gasteiger partial charge < -0.3 is 4.74 Å². The van der Waals surface area contributed by atoms with Crippen LogP contribution in [0.4, 0.5) is 5.13 Å². The van der Waals surface area contributed by atoms with Crippen molar-refractivity contribution in [1.82, 2.24) is 14.5 Å². The van der Waals surface area contributed by atoms with Crippen LogP contribution in [0.5, 0.6) is 0 Å². The van der Waals surface area contributed by atoms with Gasteiger partial charge in [0.1, 0.15) is 11.4 Å². The number of ether oxygens (including phenoxy) is 1. The minimum absolute atomic E-state index is 0.0137. The number of rotatable bonds is 5. The Morgan fingerprint density at radius 3 is 3.03 bits per heavy atom. The van der Waals surface area contributed by atoms with Gasteiger partial charge in [-0.15, -0.1) is 11.3 Å². The predicted molar refractivity (Wildman–Crippen MR) is 115 cm³/mol. The molecule has 0 aliphatic carbocycles. The Morgan fingerprint density at radius 2 is 2.21 bits per heavy atom. The number of para-hydroxylation sites is 1. The molecule has 29 heavy (non-hydrogen) atoms. The first kappa shape index (κ1) is 18.4. The monoisotopic (exact) mass is 426 g/mol. The maximum Gasteiger partial charge on any atom is 0.262 e. The second-order valence-electron chi connectivity index (χ2n) is 6.92. The van der Waals surface area contributed by atoms with Crippen molar-refractivity contribution in [2.45, 2.75) is 25.5 Å². The number of anilines is 1. The summed E-state index contributed by atoms with van der Waals surface area (Å²) in [6, 6.07) is 9.55. The van der Waals surface area contributed by atoms with E-state index in [2.05, 4.69) is 9.97 Å². The van der Waals surface area contributed by atoms with Gasteiger partial charge in [0, 0.05) is 6.61 Å². The van der Waals surface area contributed by atoms with Crippen LogP contribution < -0.4 is 10.5 Å². The van der Waals surface area contributed by atoms with Gasteiger partial charge in [0.05, 0.1) is 34.6 Å². The number of thiophene rings is 1. The van der Waals surface area contributed by atoms with E-state index in [-0.39, 0.29) is 24.1 Å². The highest BCUT2D eigenvalue weighted by Gasteiger charge is 2.26. The number of amides is 1. The highest BCUT2D eigenvalue weighted by molar-refractivity contribution is 7.22. The summed E-state index contributed by atoms with van der Waals surface area (Å²) in [5.74, 6) is -0.196. The fourth-order valence-corrected chi connectivity index (χ4v) is 5.21. The van der Waals surface area contributed by atoms with Crippen LogP contribution in [0.3, 0.4) is 0 Å². The van der Waals surface area contributed by atoms with E-state index in [1.54, 1.807) is 11.0 Å². The first-order valence-corrected chi connectivity index (χ1v) is 11.1. The highest BCUT2D eigenvalue weighted by atomic mass is 32.1. The second kappa shape index (κ2) is 7.66. The Bertz CT molecular complexity index is 1210. The maximum atomic E-state index is 13.3. The molecule has 4 aromatic rings. The van der Waals surface area contributed by atoms with E-state index in [0.717, 1.165) is 23.1 Å². The van der Waals surface area contributed by atoms with Gasteiger partial charge in [0.2, 0.25) is 5.91 Å². The lowest BCUT2D eigenvalue weighted by atomic mass is 10.2. The van der Waals surface area contributed by atoms with Gasteiger partial charge in [-0.1, -0.05) is 23.5 Å². The molecule has 0 radical (unpaired) electrons. The van der Waals surface area contributed by atoms with Crippen LogP contribution in [0.15, 0.2) is 46.8 Å². The molecule has 0 N–H and O–H groups in total. The molecule has 0 spiro atoms. The third-order valence-corrected chi connectivity index (χ3v) is 6.86. The number of carbonyl (C=O) groups is 1. The fraction of sp³-hybridized carbons (Fsp3) is 0.300. The van der Waals surface area contributed by atoms with E-state index >= 15 is 0 Å². The molecule has 148 valence electrons. The zero-order valence-corrected chi connectivity index (χ0v) is 17.1. The molecule has 7 nitrogen and oxygen atoms in total. The summed E-state index contributed by atoms with van der Waals surface area (Å²) in [5.41, 5.74) is 0.655. The van der Waals surface area contributed by atoms with Crippen molar-refractivity contribution in [2.24, 2.45) is 0 Å². The normalized spacial score (nSPS) is 16.6. The molecule has 4 heterocycles. The molecule has 1 atom stereocenters. The van der Waals surface area contributed by atoms with Crippen molar-refractivity contribution in [1.29, 1.82) is 0 Å². The van der Waals surface area contributed by atoms with E-state index in [9.17, 15) is 9.59 Å². The smallest absolute Gasteiger partial charge is 0.262 e. The SMILES string of the molecule is O=C(Cn1cnc2sccc2c1=O)N(C[C@H]1CCCO1)c1nc2ccccc2s1. The summed E-state index contributed by atoms with van der Waals surface area (Å²) < 4.78 is 8.14. The van der Waals surface area contributed by atoms with E-state index < -0.39 is 0 Å². The Hall–Kier alpha value is -2.62. The maximum absolute atomic E-state index is 13.3. The summed E-state index contributed by atoms with van der Waals surface area (Å²) in [6.07, 6.45) is 3.34. The number of benzene rings is 1. The molecule has 1 aliphatic heterocycles. The minimum Gasteiger partial charge on any atom is -0.376 e.